The summed E-state index contributed by atoms with van der Waals surface area (Å²) in [6, 6.07) is 14.4. The van der Waals surface area contributed by atoms with E-state index in [0.29, 0.717) is 30.6 Å². The van der Waals surface area contributed by atoms with Crippen LogP contribution in [-0.2, 0) is 0 Å². The predicted molar refractivity (Wildman–Crippen MR) is 117 cm³/mol. The van der Waals surface area contributed by atoms with Crippen molar-refractivity contribution in [2.45, 2.75) is 27.7 Å². The number of carbonyl (C=O) groups excluding carboxylic acids is 1. The highest BCUT2D eigenvalue weighted by molar-refractivity contribution is 7.80. The minimum absolute atomic E-state index is 0.237. The first kappa shape index (κ1) is 21.7. The summed E-state index contributed by atoms with van der Waals surface area (Å²) < 4.78 is 11.3. The minimum atomic E-state index is -0.273. The number of rotatable bonds is 8. The molecule has 0 fully saturated rings. The van der Waals surface area contributed by atoms with Crippen LogP contribution in [0.25, 0.3) is 0 Å². The molecule has 0 saturated heterocycles. The molecule has 2 aromatic rings. The number of thiocarbonyl (C=S) groups is 1. The van der Waals surface area contributed by atoms with Gasteiger partial charge in [-0.1, -0.05) is 27.7 Å². The van der Waals surface area contributed by atoms with Gasteiger partial charge in [-0.2, -0.15) is 0 Å². The average molecular weight is 401 g/mol. The van der Waals surface area contributed by atoms with Gasteiger partial charge in [0.15, 0.2) is 5.11 Å². The van der Waals surface area contributed by atoms with Crippen LogP contribution in [0.5, 0.6) is 11.5 Å². The van der Waals surface area contributed by atoms with Crippen LogP contribution in [0.1, 0.15) is 38.1 Å². The van der Waals surface area contributed by atoms with E-state index in [1.807, 2.05) is 24.3 Å². The quantitative estimate of drug-likeness (QED) is 0.618. The fourth-order valence-corrected chi connectivity index (χ4v) is 2.41. The van der Waals surface area contributed by atoms with E-state index in [9.17, 15) is 4.79 Å². The van der Waals surface area contributed by atoms with Gasteiger partial charge < -0.3 is 14.8 Å². The molecule has 0 atom stereocenters. The van der Waals surface area contributed by atoms with Crippen LogP contribution in [0.3, 0.4) is 0 Å². The minimum Gasteiger partial charge on any atom is -0.493 e. The SMILES string of the molecule is CC(C)COc1ccc(NC(=S)NC(=O)c2ccc(OCC(C)C)cc2)cc1. The van der Waals surface area contributed by atoms with E-state index < -0.39 is 0 Å². The summed E-state index contributed by atoms with van der Waals surface area (Å²) in [5, 5.41) is 5.91. The molecule has 2 rings (SSSR count). The van der Waals surface area contributed by atoms with E-state index in [-0.39, 0.29) is 11.0 Å². The van der Waals surface area contributed by atoms with E-state index in [0.717, 1.165) is 17.2 Å². The van der Waals surface area contributed by atoms with Crippen molar-refractivity contribution in [3.63, 3.8) is 0 Å². The standard InChI is InChI=1S/C22H28N2O3S/c1-15(2)13-26-19-9-5-17(6-10-19)21(25)24-22(28)23-18-7-11-20(12-8-18)27-14-16(3)4/h5-12,15-16H,13-14H2,1-4H3,(H2,23,24,25,28). The van der Waals surface area contributed by atoms with Gasteiger partial charge >= 0.3 is 0 Å². The Balaban J connectivity index is 1.84. The molecule has 28 heavy (non-hydrogen) atoms. The molecule has 5 nitrogen and oxygen atoms in total. The van der Waals surface area contributed by atoms with Gasteiger partial charge in [-0.25, -0.2) is 0 Å². The van der Waals surface area contributed by atoms with Crippen molar-refractivity contribution >= 4 is 28.9 Å². The summed E-state index contributed by atoms with van der Waals surface area (Å²) in [5.41, 5.74) is 1.29. The van der Waals surface area contributed by atoms with Gasteiger partial charge in [0.05, 0.1) is 13.2 Å². The van der Waals surface area contributed by atoms with Crippen LogP contribution in [0, 0.1) is 11.8 Å². The molecule has 0 radical (unpaired) electrons. The van der Waals surface area contributed by atoms with Gasteiger partial charge in [-0.05, 0) is 72.6 Å². The molecular formula is C22H28N2O3S. The van der Waals surface area contributed by atoms with Crippen molar-refractivity contribution in [2.75, 3.05) is 18.5 Å². The number of hydrogen-bond donors (Lipinski definition) is 2. The zero-order valence-corrected chi connectivity index (χ0v) is 17.6. The Kier molecular flexibility index (Phi) is 8.26. The predicted octanol–water partition coefficient (Wildman–Crippen LogP) is 4.88. The maximum Gasteiger partial charge on any atom is 0.257 e. The smallest absolute Gasteiger partial charge is 0.257 e. The Morgan fingerprint density at radius 3 is 1.79 bits per heavy atom. The molecule has 1 amide bonds. The largest absolute Gasteiger partial charge is 0.493 e. The highest BCUT2D eigenvalue weighted by Gasteiger charge is 2.09. The van der Waals surface area contributed by atoms with Gasteiger partial charge in [-0.15, -0.1) is 0 Å². The van der Waals surface area contributed by atoms with E-state index in [1.54, 1.807) is 24.3 Å². The Morgan fingerprint density at radius 2 is 1.32 bits per heavy atom. The van der Waals surface area contributed by atoms with E-state index in [1.165, 1.54) is 0 Å². The van der Waals surface area contributed by atoms with Gasteiger partial charge in [-0.3, -0.25) is 10.1 Å². The summed E-state index contributed by atoms with van der Waals surface area (Å²) in [4.78, 5) is 12.3. The second-order valence-corrected chi connectivity index (χ2v) is 7.77. The van der Waals surface area contributed by atoms with Crippen molar-refractivity contribution in [1.29, 1.82) is 0 Å². The number of ether oxygens (including phenoxy) is 2. The van der Waals surface area contributed by atoms with Gasteiger partial charge in [0.2, 0.25) is 0 Å². The molecule has 150 valence electrons. The van der Waals surface area contributed by atoms with Crippen molar-refractivity contribution < 1.29 is 14.3 Å². The highest BCUT2D eigenvalue weighted by Crippen LogP contribution is 2.17. The summed E-state index contributed by atoms with van der Waals surface area (Å²) in [6.45, 7) is 9.68. The molecular weight excluding hydrogens is 372 g/mol. The summed E-state index contributed by atoms with van der Waals surface area (Å²) in [5.74, 6) is 2.18. The monoisotopic (exact) mass is 400 g/mol. The van der Waals surface area contributed by atoms with Crippen LogP contribution in [0.2, 0.25) is 0 Å². The maximum absolute atomic E-state index is 12.3. The van der Waals surface area contributed by atoms with Crippen molar-refractivity contribution in [1.82, 2.24) is 5.32 Å². The number of nitrogens with one attached hydrogen (secondary N) is 2. The highest BCUT2D eigenvalue weighted by atomic mass is 32.1. The molecule has 6 heteroatoms. The molecule has 2 aromatic carbocycles. The Bertz CT molecular complexity index is 771. The maximum atomic E-state index is 12.3. The number of carbonyl (C=O) groups is 1. The normalized spacial score (nSPS) is 10.6. The van der Waals surface area contributed by atoms with Crippen LogP contribution < -0.4 is 20.1 Å². The lowest BCUT2D eigenvalue weighted by atomic mass is 10.2. The van der Waals surface area contributed by atoms with Crippen LogP contribution >= 0.6 is 12.2 Å². The fraction of sp³-hybridized carbons (Fsp3) is 0.364. The molecule has 0 aliphatic heterocycles. The summed E-state index contributed by atoms with van der Waals surface area (Å²) in [6.07, 6.45) is 0. The van der Waals surface area contributed by atoms with Gasteiger partial charge in [0.1, 0.15) is 11.5 Å². The van der Waals surface area contributed by atoms with E-state index >= 15 is 0 Å². The first-order valence-electron chi connectivity index (χ1n) is 9.41. The van der Waals surface area contributed by atoms with E-state index in [4.69, 9.17) is 21.7 Å². The Hall–Kier alpha value is -2.60. The lowest BCUT2D eigenvalue weighted by molar-refractivity contribution is 0.0977. The third-order valence-corrected chi connectivity index (χ3v) is 3.83. The number of hydrogen-bond acceptors (Lipinski definition) is 4. The van der Waals surface area contributed by atoms with Gasteiger partial charge in [0, 0.05) is 11.3 Å². The number of amides is 1. The molecule has 0 aliphatic carbocycles. The summed E-state index contributed by atoms with van der Waals surface area (Å²) in [7, 11) is 0. The fourth-order valence-electron chi connectivity index (χ4n) is 2.20. The number of benzene rings is 2. The van der Waals surface area contributed by atoms with Crippen molar-refractivity contribution in [2.24, 2.45) is 11.8 Å². The van der Waals surface area contributed by atoms with Crippen LogP contribution in [0.4, 0.5) is 5.69 Å². The van der Waals surface area contributed by atoms with Crippen LogP contribution in [0.15, 0.2) is 48.5 Å². The number of anilines is 1. The summed E-state index contributed by atoms with van der Waals surface area (Å²) >= 11 is 5.23. The third kappa shape index (κ3) is 7.56. The van der Waals surface area contributed by atoms with Crippen molar-refractivity contribution in [3.8, 4) is 11.5 Å². The molecule has 0 unspecified atom stereocenters. The lowest BCUT2D eigenvalue weighted by Crippen LogP contribution is -2.34. The third-order valence-electron chi connectivity index (χ3n) is 3.62. The second kappa shape index (κ2) is 10.7. The van der Waals surface area contributed by atoms with Gasteiger partial charge in [0.25, 0.3) is 5.91 Å². The average Bonchev–Trinajstić information content (AvgIpc) is 2.66. The van der Waals surface area contributed by atoms with Crippen molar-refractivity contribution in [3.05, 3.63) is 54.1 Å². The molecule has 2 N–H and O–H groups in total. The first-order chi connectivity index (χ1) is 13.3. The van der Waals surface area contributed by atoms with E-state index in [2.05, 4.69) is 38.3 Å². The molecule has 0 saturated carbocycles. The van der Waals surface area contributed by atoms with Crippen LogP contribution in [-0.4, -0.2) is 24.2 Å². The topological polar surface area (TPSA) is 59.6 Å². The second-order valence-electron chi connectivity index (χ2n) is 7.37. The molecule has 0 aliphatic rings. The zero-order valence-electron chi connectivity index (χ0n) is 16.8. The Morgan fingerprint density at radius 1 is 0.857 bits per heavy atom. The molecule has 0 bridgehead atoms. The molecule has 0 spiro atoms. The molecule has 0 heterocycles. The Labute approximate surface area is 172 Å². The lowest BCUT2D eigenvalue weighted by Gasteiger charge is -2.12. The zero-order chi connectivity index (χ0) is 20.5. The first-order valence-corrected chi connectivity index (χ1v) is 9.82. The molecule has 0 aromatic heterocycles.